The second-order valence-corrected chi connectivity index (χ2v) is 14.1. The molecule has 15 heteroatoms. The van der Waals surface area contributed by atoms with Crippen molar-refractivity contribution >= 4 is 42.9 Å². The van der Waals surface area contributed by atoms with E-state index in [1.165, 1.54) is 0 Å². The Hall–Kier alpha value is -4.34. The summed E-state index contributed by atoms with van der Waals surface area (Å²) in [6, 6.07) is 11.4. The highest BCUT2D eigenvalue weighted by molar-refractivity contribution is 6.34. The van der Waals surface area contributed by atoms with Crippen molar-refractivity contribution in [3.63, 3.8) is 0 Å². The van der Waals surface area contributed by atoms with Crippen molar-refractivity contribution in [2.45, 2.75) is 63.6 Å². The number of hydroxylamine groups is 1. The van der Waals surface area contributed by atoms with Crippen molar-refractivity contribution in [3.8, 4) is 5.75 Å². The number of anilines is 1. The van der Waals surface area contributed by atoms with E-state index < -0.39 is 18.1 Å². The van der Waals surface area contributed by atoms with Crippen LogP contribution in [0.4, 0.5) is 15.3 Å². The maximum Gasteiger partial charge on any atom is 0.410 e. The third-order valence-electron chi connectivity index (χ3n) is 10.8. The number of aromatic hydroxyl groups is 1. The van der Waals surface area contributed by atoms with Crippen molar-refractivity contribution < 1.29 is 34.2 Å². The molecule has 2 aromatic rings. The Kier molecular flexibility index (Phi) is 11.7. The molecule has 4 heterocycles. The molecular formula is C36H48BN7O7. The first-order valence-corrected chi connectivity index (χ1v) is 18.0. The number of carbonyl (C=O) groups is 4. The summed E-state index contributed by atoms with van der Waals surface area (Å²) >= 11 is 0. The third kappa shape index (κ3) is 8.77. The second kappa shape index (κ2) is 16.3. The molecule has 0 saturated carbocycles. The van der Waals surface area contributed by atoms with Gasteiger partial charge in [0.15, 0.2) is 6.10 Å². The van der Waals surface area contributed by atoms with Crippen molar-refractivity contribution in [2.75, 3.05) is 70.8 Å². The van der Waals surface area contributed by atoms with Crippen LogP contribution in [0.15, 0.2) is 36.4 Å². The van der Waals surface area contributed by atoms with Crippen LogP contribution in [0.25, 0.3) is 0 Å². The molecule has 2 aromatic carbocycles. The molecule has 0 unspecified atom stereocenters. The summed E-state index contributed by atoms with van der Waals surface area (Å²) in [6.45, 7) is 7.14. The summed E-state index contributed by atoms with van der Waals surface area (Å²) in [7, 11) is 6.05. The van der Waals surface area contributed by atoms with Crippen LogP contribution in [0.1, 0.15) is 42.4 Å². The summed E-state index contributed by atoms with van der Waals surface area (Å²) < 4.78 is 6.01. The van der Waals surface area contributed by atoms with Crippen LogP contribution in [0.3, 0.4) is 0 Å². The van der Waals surface area contributed by atoms with Crippen molar-refractivity contribution in [1.82, 2.24) is 30.0 Å². The van der Waals surface area contributed by atoms with E-state index in [1.54, 1.807) is 34.3 Å². The highest BCUT2D eigenvalue weighted by Gasteiger charge is 2.36. The zero-order chi connectivity index (χ0) is 36.1. The number of phenols is 1. The average molecular weight is 702 g/mol. The minimum absolute atomic E-state index is 0.0120. The van der Waals surface area contributed by atoms with Gasteiger partial charge in [0.2, 0.25) is 0 Å². The zero-order valence-electron chi connectivity index (χ0n) is 29.3. The molecule has 0 spiro atoms. The van der Waals surface area contributed by atoms with Gasteiger partial charge in [0.05, 0.1) is 6.54 Å². The van der Waals surface area contributed by atoms with Crippen LogP contribution in [0, 0.1) is 6.92 Å². The van der Waals surface area contributed by atoms with E-state index in [4.69, 9.17) is 17.8 Å². The first-order chi connectivity index (χ1) is 24.6. The van der Waals surface area contributed by atoms with Gasteiger partial charge in [-0.25, -0.2) is 15.1 Å². The summed E-state index contributed by atoms with van der Waals surface area (Å²) in [6.07, 6.45) is 2.19. The molecule has 4 aliphatic heterocycles. The molecule has 272 valence electrons. The number of amides is 5. The first-order valence-electron chi connectivity index (χ1n) is 18.0. The van der Waals surface area contributed by atoms with Crippen LogP contribution in [0.5, 0.6) is 5.75 Å². The van der Waals surface area contributed by atoms with Gasteiger partial charge in [0.1, 0.15) is 13.6 Å². The highest BCUT2D eigenvalue weighted by Crippen LogP contribution is 2.26. The van der Waals surface area contributed by atoms with Gasteiger partial charge in [-0.05, 0) is 61.8 Å². The predicted octanol–water partition coefficient (Wildman–Crippen LogP) is 1.21. The van der Waals surface area contributed by atoms with Crippen LogP contribution in [-0.4, -0.2) is 150 Å². The Bertz CT molecular complexity index is 1560. The predicted molar refractivity (Wildman–Crippen MR) is 190 cm³/mol. The van der Waals surface area contributed by atoms with Gasteiger partial charge >= 0.3 is 12.1 Å². The van der Waals surface area contributed by atoms with Crippen molar-refractivity contribution in [3.05, 3.63) is 53.1 Å². The summed E-state index contributed by atoms with van der Waals surface area (Å²) in [4.78, 5) is 62.0. The number of piperidine rings is 2. The zero-order valence-corrected chi connectivity index (χ0v) is 29.3. The van der Waals surface area contributed by atoms with E-state index in [2.05, 4.69) is 10.2 Å². The number of nitrogens with zero attached hydrogens (tertiary/aromatic N) is 5. The van der Waals surface area contributed by atoms with Crippen LogP contribution in [-0.2, 0) is 27.2 Å². The lowest BCUT2D eigenvalue weighted by molar-refractivity contribution is -0.143. The Labute approximate surface area is 300 Å². The monoisotopic (exact) mass is 701 g/mol. The number of hydrogen-bond acceptors (Lipinski definition) is 9. The van der Waals surface area contributed by atoms with E-state index in [0.29, 0.717) is 75.8 Å². The quantitative estimate of drug-likeness (QED) is 0.181. The number of hydrogen-bond donors (Lipinski definition) is 4. The van der Waals surface area contributed by atoms with Crippen LogP contribution >= 0.6 is 0 Å². The normalized spacial score (nSPS) is 20.3. The van der Waals surface area contributed by atoms with E-state index in [0.717, 1.165) is 43.6 Å². The van der Waals surface area contributed by atoms with Gasteiger partial charge in [0, 0.05) is 83.1 Å². The van der Waals surface area contributed by atoms with E-state index in [-0.39, 0.29) is 42.2 Å². The van der Waals surface area contributed by atoms with Gasteiger partial charge in [-0.15, -0.1) is 0 Å². The summed E-state index contributed by atoms with van der Waals surface area (Å²) in [5.74, 6) is -0.700. The topological polar surface area (TPSA) is 158 Å². The van der Waals surface area contributed by atoms with E-state index >= 15 is 0 Å². The Morgan fingerprint density at radius 3 is 2.31 bits per heavy atom. The van der Waals surface area contributed by atoms with Gasteiger partial charge in [-0.3, -0.25) is 24.6 Å². The molecule has 6 rings (SSSR count). The molecule has 51 heavy (non-hydrogen) atoms. The molecule has 2 radical (unpaired) electrons. The molecule has 3 fully saturated rings. The van der Waals surface area contributed by atoms with Gasteiger partial charge in [0.25, 0.3) is 11.8 Å². The number of piperazine rings is 1. The Morgan fingerprint density at radius 1 is 0.941 bits per heavy atom. The second-order valence-electron chi connectivity index (χ2n) is 14.1. The Balaban J connectivity index is 1.06. The number of fused-ring (bicyclic) bond motifs is 1. The molecule has 0 bridgehead atoms. The number of rotatable bonds is 8. The number of aryl methyl sites for hydroxylation is 1. The average Bonchev–Trinajstić information content (AvgIpc) is 3.31. The molecule has 4 N–H and O–H groups in total. The first kappa shape index (κ1) is 36.5. The SMILES string of the molecule is [B]c1cc(C[C@@H](OC(=O)N2CCC(N3CCc4ccccc4NC3=O)CC2)C(=O)N2CCN(C3CCN(CC(=O)NO)CC3)CC2)cc(C)c1O. The van der Waals surface area contributed by atoms with Crippen LogP contribution in [0.2, 0.25) is 0 Å². The number of likely N-dealkylation sites (tertiary alicyclic amines) is 2. The van der Waals surface area contributed by atoms with Crippen LogP contribution < -0.4 is 16.3 Å². The molecular weight excluding hydrogens is 653 g/mol. The standard InChI is InChI=1S/C36H48BN7O7/c1-24-20-25(21-29(37)33(24)46)22-31(34(47)42-18-16-41(17-19-42)27-7-11-40(12-8-27)23-32(45)39-50)51-36(49)43-13-9-28(10-14-43)44-15-6-26-4-2-3-5-30(26)38-35(44)48/h2-5,20-21,27-28,31,46,50H,6-19,22-23H2,1H3,(H,38,48)(H,39,45)/t31-/m1/s1. The molecule has 14 nitrogen and oxygen atoms in total. The number of ether oxygens (including phenoxy) is 1. The fraction of sp³-hybridized carbons (Fsp3) is 0.556. The molecule has 0 aliphatic carbocycles. The van der Waals surface area contributed by atoms with Gasteiger partial charge < -0.3 is 29.9 Å². The van der Waals surface area contributed by atoms with E-state index in [1.807, 2.05) is 34.1 Å². The summed E-state index contributed by atoms with van der Waals surface area (Å²) in [5.41, 5.74) is 5.07. The lowest BCUT2D eigenvalue weighted by Gasteiger charge is -2.43. The maximum atomic E-state index is 14.1. The number of urea groups is 1. The number of para-hydroxylation sites is 1. The van der Waals surface area contributed by atoms with Crippen molar-refractivity contribution in [2.24, 2.45) is 0 Å². The molecule has 4 aliphatic rings. The van der Waals surface area contributed by atoms with Gasteiger partial charge in [-0.1, -0.05) is 35.8 Å². The molecule has 5 amide bonds. The number of phenolic OH excluding ortho intramolecular Hbond substituents is 1. The molecule has 3 saturated heterocycles. The molecule has 1 atom stereocenters. The minimum Gasteiger partial charge on any atom is -0.508 e. The number of nitrogens with one attached hydrogen (secondary N) is 2. The lowest BCUT2D eigenvalue weighted by atomic mass is 9.89. The lowest BCUT2D eigenvalue weighted by Crippen LogP contribution is -2.57. The maximum absolute atomic E-state index is 14.1. The fourth-order valence-corrected chi connectivity index (χ4v) is 7.88. The summed E-state index contributed by atoms with van der Waals surface area (Å²) in [5, 5.41) is 22.1. The van der Waals surface area contributed by atoms with Crippen molar-refractivity contribution in [1.29, 1.82) is 0 Å². The smallest absolute Gasteiger partial charge is 0.410 e. The number of carbonyl (C=O) groups excluding carboxylic acids is 4. The molecule has 0 aromatic heterocycles. The Morgan fingerprint density at radius 2 is 1.63 bits per heavy atom. The fourth-order valence-electron chi connectivity index (χ4n) is 7.88. The van der Waals surface area contributed by atoms with Gasteiger partial charge in [-0.2, -0.15) is 0 Å². The van der Waals surface area contributed by atoms with E-state index in [9.17, 15) is 24.3 Å². The third-order valence-corrected chi connectivity index (χ3v) is 10.8. The largest absolute Gasteiger partial charge is 0.508 e. The number of benzene rings is 2. The highest BCUT2D eigenvalue weighted by atomic mass is 16.6. The minimum atomic E-state index is -1.08.